The molecule has 0 amide bonds. The van der Waals surface area contributed by atoms with Crippen LogP contribution in [0.4, 0.5) is 0 Å². The SMILES string of the molecule is CCCC(CCCCCCCC/C=C\CCCCCCC(C(=O)O)N(C)C)CCCCCCCCC/C=C\CCCCCCCC(=O)O.Cl. The van der Waals surface area contributed by atoms with Gasteiger partial charge in [0, 0.05) is 6.42 Å². The van der Waals surface area contributed by atoms with Gasteiger partial charge in [-0.25, -0.2) is 0 Å². The number of aliphatic carboxylic acids is 2. The minimum Gasteiger partial charge on any atom is -0.481 e. The van der Waals surface area contributed by atoms with E-state index in [1.54, 1.807) is 0 Å². The van der Waals surface area contributed by atoms with Crippen LogP contribution in [0, 0.1) is 5.92 Å². The Kier molecular flexibility index (Phi) is 40.1. The van der Waals surface area contributed by atoms with Crippen LogP contribution >= 0.6 is 12.4 Å². The Balaban J connectivity index is 0. The molecule has 0 saturated heterocycles. The van der Waals surface area contributed by atoms with Crippen molar-refractivity contribution >= 4 is 24.3 Å². The van der Waals surface area contributed by atoms with Gasteiger partial charge in [0.25, 0.3) is 0 Å². The number of carbonyl (C=O) groups is 2. The summed E-state index contributed by atoms with van der Waals surface area (Å²) in [5.74, 6) is -0.406. The van der Waals surface area contributed by atoms with E-state index in [9.17, 15) is 14.7 Å². The highest BCUT2D eigenvalue weighted by atomic mass is 35.5. The lowest BCUT2D eigenvalue weighted by atomic mass is 9.90. The molecule has 0 aromatic heterocycles. The number of halogens is 1. The van der Waals surface area contributed by atoms with Crippen molar-refractivity contribution in [1.82, 2.24) is 4.90 Å². The molecule has 0 bridgehead atoms. The van der Waals surface area contributed by atoms with Crippen molar-refractivity contribution in [2.24, 2.45) is 5.92 Å². The molecule has 2 atom stereocenters. The van der Waals surface area contributed by atoms with Gasteiger partial charge in [-0.2, -0.15) is 0 Å². The fraction of sp³-hybridized carbons (Fsp3) is 0.860. The molecular weight excluding hydrogens is 630 g/mol. The molecule has 0 saturated carbocycles. The third-order valence-electron chi connectivity index (χ3n) is 10.0. The molecule has 6 heteroatoms. The molecule has 0 heterocycles. The highest BCUT2D eigenvalue weighted by Crippen LogP contribution is 2.23. The topological polar surface area (TPSA) is 77.8 Å². The molecule has 0 radical (unpaired) electrons. The van der Waals surface area contributed by atoms with Crippen molar-refractivity contribution in [3.05, 3.63) is 24.3 Å². The Morgan fingerprint density at radius 2 is 0.816 bits per heavy atom. The van der Waals surface area contributed by atoms with Crippen molar-refractivity contribution in [2.45, 2.75) is 218 Å². The highest BCUT2D eigenvalue weighted by Gasteiger charge is 2.18. The minimum atomic E-state index is -0.702. The molecular formula is C43H82ClNO4. The molecule has 0 rings (SSSR count). The molecule has 0 aliphatic carbocycles. The summed E-state index contributed by atoms with van der Waals surface area (Å²) in [5, 5.41) is 17.9. The third-order valence-corrected chi connectivity index (χ3v) is 10.0. The van der Waals surface area contributed by atoms with Gasteiger partial charge < -0.3 is 10.2 Å². The third kappa shape index (κ3) is 37.7. The lowest BCUT2D eigenvalue weighted by Gasteiger charge is -2.19. The summed E-state index contributed by atoms with van der Waals surface area (Å²) in [4.78, 5) is 23.6. The quantitative estimate of drug-likeness (QED) is 0.0492. The van der Waals surface area contributed by atoms with E-state index in [1.807, 2.05) is 19.0 Å². The molecule has 0 aromatic rings. The maximum absolute atomic E-state index is 11.2. The van der Waals surface area contributed by atoms with Crippen LogP contribution in [0.15, 0.2) is 24.3 Å². The Bertz CT molecular complexity index is 769. The van der Waals surface area contributed by atoms with Crippen LogP contribution < -0.4 is 0 Å². The summed E-state index contributed by atoms with van der Waals surface area (Å²) in [6, 6.07) is -0.340. The van der Waals surface area contributed by atoms with Crippen molar-refractivity contribution < 1.29 is 19.8 Å². The van der Waals surface area contributed by atoms with Crippen molar-refractivity contribution in [2.75, 3.05) is 14.1 Å². The lowest BCUT2D eigenvalue weighted by Crippen LogP contribution is -2.35. The largest absolute Gasteiger partial charge is 0.481 e. The predicted octanol–water partition coefficient (Wildman–Crippen LogP) is 13.7. The van der Waals surface area contributed by atoms with Crippen LogP contribution in [0.1, 0.15) is 212 Å². The average molecular weight is 713 g/mol. The minimum absolute atomic E-state index is 0. The normalized spacial score (nSPS) is 13.0. The number of hydrogen-bond donors (Lipinski definition) is 2. The second-order valence-electron chi connectivity index (χ2n) is 14.9. The molecule has 0 aromatic carbocycles. The average Bonchev–Trinajstić information content (AvgIpc) is 3.04. The molecule has 290 valence electrons. The van der Waals surface area contributed by atoms with Crippen molar-refractivity contribution in [3.63, 3.8) is 0 Å². The smallest absolute Gasteiger partial charge is 0.320 e. The van der Waals surface area contributed by atoms with Crippen LogP contribution in [0.25, 0.3) is 0 Å². The van der Waals surface area contributed by atoms with Gasteiger partial charge in [0.1, 0.15) is 6.04 Å². The number of rotatable bonds is 38. The van der Waals surface area contributed by atoms with E-state index in [2.05, 4.69) is 31.2 Å². The standard InChI is InChI=1S/C43H81NO4.ClH/c1-4-35-40(36-31-27-23-19-15-11-7-5-6-8-14-18-22-26-30-34-39-42(45)46)37-32-28-24-20-16-12-9-10-13-17-21-25-29-33-38-41(43(47)48)44(2)3;/h6,8,10,13,40-41H,4-5,7,9,11-12,14-39H2,1-3H3,(H,45,46)(H,47,48);1H/b8-6-,13-10-;. The second-order valence-corrected chi connectivity index (χ2v) is 14.9. The summed E-state index contributed by atoms with van der Waals surface area (Å²) in [6.45, 7) is 2.36. The van der Waals surface area contributed by atoms with Gasteiger partial charge >= 0.3 is 11.9 Å². The molecule has 49 heavy (non-hydrogen) atoms. The maximum Gasteiger partial charge on any atom is 0.320 e. The molecule has 5 nitrogen and oxygen atoms in total. The molecule has 0 spiro atoms. The van der Waals surface area contributed by atoms with Crippen LogP contribution in [0.2, 0.25) is 0 Å². The zero-order valence-electron chi connectivity index (χ0n) is 32.7. The highest BCUT2D eigenvalue weighted by molar-refractivity contribution is 5.85. The zero-order chi connectivity index (χ0) is 35.3. The molecule has 0 aliphatic heterocycles. The van der Waals surface area contributed by atoms with Crippen LogP contribution in [0.3, 0.4) is 0 Å². The summed E-state index contributed by atoms with van der Waals surface area (Å²) in [6.07, 6.45) is 49.2. The first-order valence-corrected chi connectivity index (χ1v) is 20.8. The summed E-state index contributed by atoms with van der Waals surface area (Å²) < 4.78 is 0. The van der Waals surface area contributed by atoms with Crippen LogP contribution in [-0.4, -0.2) is 47.2 Å². The monoisotopic (exact) mass is 712 g/mol. The number of likely N-dealkylation sites (N-methyl/N-ethyl adjacent to an activating group) is 1. The maximum atomic E-state index is 11.2. The van der Waals surface area contributed by atoms with Crippen molar-refractivity contribution in [3.8, 4) is 0 Å². The number of nitrogens with zero attached hydrogens (tertiary/aromatic N) is 1. The van der Waals surface area contributed by atoms with E-state index in [-0.39, 0.29) is 18.4 Å². The summed E-state index contributed by atoms with van der Waals surface area (Å²) in [7, 11) is 3.70. The van der Waals surface area contributed by atoms with Crippen LogP contribution in [-0.2, 0) is 9.59 Å². The lowest BCUT2D eigenvalue weighted by molar-refractivity contribution is -0.142. The first-order chi connectivity index (χ1) is 23.4. The zero-order valence-corrected chi connectivity index (χ0v) is 33.5. The first-order valence-electron chi connectivity index (χ1n) is 20.8. The fourth-order valence-corrected chi connectivity index (χ4v) is 6.92. The molecule has 2 unspecified atom stereocenters. The van der Waals surface area contributed by atoms with E-state index in [4.69, 9.17) is 5.11 Å². The number of carboxylic acid groups (broad SMARTS) is 2. The fourth-order valence-electron chi connectivity index (χ4n) is 6.92. The Hall–Kier alpha value is -1.33. The van der Waals surface area contributed by atoms with E-state index in [0.717, 1.165) is 44.4 Å². The number of unbranched alkanes of at least 4 members (excludes halogenated alkanes) is 22. The summed E-state index contributed by atoms with van der Waals surface area (Å²) in [5.41, 5.74) is 0. The molecule has 2 N–H and O–H groups in total. The Morgan fingerprint density at radius 1 is 0.490 bits per heavy atom. The van der Waals surface area contributed by atoms with E-state index >= 15 is 0 Å². The van der Waals surface area contributed by atoms with Gasteiger partial charge in [0.2, 0.25) is 0 Å². The van der Waals surface area contributed by atoms with Crippen LogP contribution in [0.5, 0.6) is 0 Å². The number of carboxylic acids is 2. The Labute approximate surface area is 311 Å². The molecule has 0 aliphatic rings. The number of allylic oxidation sites excluding steroid dienone is 4. The van der Waals surface area contributed by atoms with Crippen molar-refractivity contribution in [1.29, 1.82) is 0 Å². The van der Waals surface area contributed by atoms with Gasteiger partial charge in [-0.1, -0.05) is 166 Å². The first kappa shape index (κ1) is 49.8. The van der Waals surface area contributed by atoms with E-state index in [1.165, 1.54) is 161 Å². The van der Waals surface area contributed by atoms with Gasteiger partial charge in [0.05, 0.1) is 0 Å². The van der Waals surface area contributed by atoms with Gasteiger partial charge in [0.15, 0.2) is 0 Å². The Morgan fingerprint density at radius 3 is 1.14 bits per heavy atom. The second kappa shape index (κ2) is 39.5. The van der Waals surface area contributed by atoms with Gasteiger partial charge in [-0.15, -0.1) is 12.4 Å². The predicted molar refractivity (Wildman–Crippen MR) is 215 cm³/mol. The van der Waals surface area contributed by atoms with Gasteiger partial charge in [-0.3, -0.25) is 14.5 Å². The van der Waals surface area contributed by atoms with E-state index < -0.39 is 11.9 Å². The molecule has 0 fully saturated rings. The van der Waals surface area contributed by atoms with Gasteiger partial charge in [-0.05, 0) is 84.2 Å². The van der Waals surface area contributed by atoms with E-state index in [0.29, 0.717) is 6.42 Å². The summed E-state index contributed by atoms with van der Waals surface area (Å²) >= 11 is 0. The number of hydrogen-bond acceptors (Lipinski definition) is 3.